The predicted octanol–water partition coefficient (Wildman–Crippen LogP) is 3.55. The van der Waals surface area contributed by atoms with E-state index in [1.54, 1.807) is 36.0 Å². The van der Waals surface area contributed by atoms with Crippen LogP contribution in [0.5, 0.6) is 0 Å². The lowest BCUT2D eigenvalue weighted by atomic mass is 10.1. The summed E-state index contributed by atoms with van der Waals surface area (Å²) in [5, 5.41) is 23.7. The fourth-order valence-corrected chi connectivity index (χ4v) is 4.22. The summed E-state index contributed by atoms with van der Waals surface area (Å²) in [7, 11) is 0. The summed E-state index contributed by atoms with van der Waals surface area (Å²) in [5.74, 6) is 1.01. The molecule has 0 atom stereocenters. The highest BCUT2D eigenvalue weighted by molar-refractivity contribution is 8.26. The SMILES string of the molecule is N=C(N)SC(=N)CCSCCC(=N)SC(N)=NC(=O)Cc1ccccc1Cl. The average molecular weight is 445 g/mol. The van der Waals surface area contributed by atoms with E-state index < -0.39 is 5.91 Å². The van der Waals surface area contributed by atoms with Crippen molar-refractivity contribution in [1.82, 2.24) is 0 Å². The monoisotopic (exact) mass is 444 g/mol. The van der Waals surface area contributed by atoms with Crippen LogP contribution in [0, 0.1) is 16.2 Å². The number of nitrogens with two attached hydrogens (primary N) is 2. The van der Waals surface area contributed by atoms with Gasteiger partial charge in [0.05, 0.1) is 16.5 Å². The highest BCUT2D eigenvalue weighted by Gasteiger charge is 2.09. The molecule has 0 saturated heterocycles. The number of hydrogen-bond acceptors (Lipinski definition) is 7. The molecule has 0 aliphatic heterocycles. The molecule has 7 nitrogen and oxygen atoms in total. The molecule has 7 N–H and O–H groups in total. The molecule has 0 fully saturated rings. The molecule has 146 valence electrons. The zero-order valence-corrected chi connectivity index (χ0v) is 17.7. The van der Waals surface area contributed by atoms with Gasteiger partial charge in [0.2, 0.25) is 0 Å². The molecular formula is C16H21ClN6OS3. The molecule has 0 aliphatic rings. The first-order valence-corrected chi connectivity index (χ1v) is 11.0. The van der Waals surface area contributed by atoms with Crippen LogP contribution >= 0.6 is 46.9 Å². The van der Waals surface area contributed by atoms with Gasteiger partial charge in [-0.25, -0.2) is 0 Å². The Hall–Kier alpha value is -1.49. The first-order valence-electron chi connectivity index (χ1n) is 7.80. The maximum absolute atomic E-state index is 11.9. The van der Waals surface area contributed by atoms with Crippen LogP contribution in [0.1, 0.15) is 18.4 Å². The Morgan fingerprint density at radius 1 is 1.04 bits per heavy atom. The van der Waals surface area contributed by atoms with Gasteiger partial charge in [-0.3, -0.25) is 21.0 Å². The maximum Gasteiger partial charge on any atom is 0.252 e. The van der Waals surface area contributed by atoms with Crippen LogP contribution in [0.25, 0.3) is 0 Å². The van der Waals surface area contributed by atoms with Crippen molar-refractivity contribution in [1.29, 1.82) is 16.2 Å². The third-order valence-corrected chi connectivity index (χ3v) is 5.72. The number of carbonyl (C=O) groups excluding carboxylic acids is 1. The zero-order valence-electron chi connectivity index (χ0n) is 14.5. The smallest absolute Gasteiger partial charge is 0.252 e. The molecule has 1 aromatic rings. The highest BCUT2D eigenvalue weighted by atomic mass is 35.5. The number of nitrogens with one attached hydrogen (secondary N) is 3. The molecule has 1 aromatic carbocycles. The highest BCUT2D eigenvalue weighted by Crippen LogP contribution is 2.17. The van der Waals surface area contributed by atoms with Gasteiger partial charge in [0.25, 0.3) is 5.91 Å². The molecule has 11 heteroatoms. The fourth-order valence-electron chi connectivity index (χ4n) is 1.78. The summed E-state index contributed by atoms with van der Waals surface area (Å²) in [6.07, 6.45) is 1.10. The van der Waals surface area contributed by atoms with Crippen LogP contribution < -0.4 is 11.5 Å². The van der Waals surface area contributed by atoms with E-state index in [1.165, 1.54) is 0 Å². The van der Waals surface area contributed by atoms with Gasteiger partial charge < -0.3 is 11.5 Å². The van der Waals surface area contributed by atoms with Crippen molar-refractivity contribution < 1.29 is 4.79 Å². The minimum Gasteiger partial charge on any atom is -0.378 e. The van der Waals surface area contributed by atoms with Crippen LogP contribution in [-0.4, -0.2) is 37.8 Å². The van der Waals surface area contributed by atoms with E-state index in [0.29, 0.717) is 39.3 Å². The molecule has 0 spiro atoms. The Kier molecular flexibility index (Phi) is 11.2. The first-order chi connectivity index (χ1) is 12.8. The Labute approximate surface area is 176 Å². The molecule has 0 saturated carbocycles. The molecule has 0 bridgehead atoms. The van der Waals surface area contributed by atoms with Gasteiger partial charge in [-0.2, -0.15) is 16.8 Å². The van der Waals surface area contributed by atoms with E-state index in [4.69, 9.17) is 39.3 Å². The Morgan fingerprint density at radius 2 is 1.63 bits per heavy atom. The predicted molar refractivity (Wildman–Crippen MR) is 121 cm³/mol. The summed E-state index contributed by atoms with van der Waals surface area (Å²) < 4.78 is 0. The Morgan fingerprint density at radius 3 is 2.22 bits per heavy atom. The standard InChI is InChI=1S/C16H21ClN6OS3/c17-11-4-2-1-3-10(11)9-14(24)23-16(22)27-13(19)6-8-25-7-5-12(18)26-15(20)21/h1-4,18-19H,5-9H2,(H3,20,21)(H2,22,23,24). The van der Waals surface area contributed by atoms with Crippen molar-refractivity contribution in [2.24, 2.45) is 16.5 Å². The molecule has 0 radical (unpaired) electrons. The van der Waals surface area contributed by atoms with E-state index in [2.05, 4.69) is 4.99 Å². The lowest BCUT2D eigenvalue weighted by Crippen LogP contribution is -2.14. The van der Waals surface area contributed by atoms with Gasteiger partial charge in [-0.05, 0) is 46.7 Å². The van der Waals surface area contributed by atoms with Crippen LogP contribution in [0.2, 0.25) is 5.02 Å². The van der Waals surface area contributed by atoms with E-state index >= 15 is 0 Å². The van der Waals surface area contributed by atoms with Gasteiger partial charge in [0, 0.05) is 17.9 Å². The molecule has 27 heavy (non-hydrogen) atoms. The number of thioether (sulfide) groups is 3. The largest absolute Gasteiger partial charge is 0.378 e. The third kappa shape index (κ3) is 11.1. The zero-order chi connectivity index (χ0) is 20.2. The Bertz CT molecular complexity index is 741. The van der Waals surface area contributed by atoms with Crippen molar-refractivity contribution >= 4 is 73.2 Å². The number of aliphatic imine (C=N–C) groups is 1. The lowest BCUT2D eigenvalue weighted by molar-refractivity contribution is -0.117. The van der Waals surface area contributed by atoms with Crippen molar-refractivity contribution in [2.75, 3.05) is 11.5 Å². The average Bonchev–Trinajstić information content (AvgIpc) is 2.55. The van der Waals surface area contributed by atoms with Crippen molar-refractivity contribution in [3.8, 4) is 0 Å². The number of halogens is 1. The minimum atomic E-state index is -0.406. The molecule has 1 amide bonds. The second-order valence-corrected chi connectivity index (χ2v) is 9.02. The van der Waals surface area contributed by atoms with Crippen molar-refractivity contribution in [3.63, 3.8) is 0 Å². The summed E-state index contributed by atoms with van der Waals surface area (Å²) in [5.41, 5.74) is 11.6. The Balaban J connectivity index is 2.28. The number of amidine groups is 2. The van der Waals surface area contributed by atoms with Crippen LogP contribution in [-0.2, 0) is 11.2 Å². The third-order valence-electron chi connectivity index (χ3n) is 2.94. The van der Waals surface area contributed by atoms with Crippen molar-refractivity contribution in [3.05, 3.63) is 34.9 Å². The summed E-state index contributed by atoms with van der Waals surface area (Å²) in [4.78, 5) is 15.7. The second-order valence-electron chi connectivity index (χ2n) is 5.14. The number of rotatable bonds is 8. The maximum atomic E-state index is 11.9. The van der Waals surface area contributed by atoms with Gasteiger partial charge >= 0.3 is 0 Å². The number of nitrogens with zero attached hydrogens (tertiary/aromatic N) is 1. The summed E-state index contributed by atoms with van der Waals surface area (Å²) >= 11 is 9.53. The molecule has 0 heterocycles. The topological polar surface area (TPSA) is 153 Å². The lowest BCUT2D eigenvalue weighted by Gasteiger charge is -2.05. The quantitative estimate of drug-likeness (QED) is 0.234. The number of benzene rings is 1. The molecule has 0 aliphatic carbocycles. The second kappa shape index (κ2) is 12.8. The summed E-state index contributed by atoms with van der Waals surface area (Å²) in [6, 6.07) is 7.05. The van der Waals surface area contributed by atoms with E-state index in [1.807, 2.05) is 0 Å². The van der Waals surface area contributed by atoms with Gasteiger partial charge in [-0.15, -0.1) is 0 Å². The van der Waals surface area contributed by atoms with Crippen molar-refractivity contribution in [2.45, 2.75) is 19.3 Å². The first kappa shape index (κ1) is 23.5. The molecular weight excluding hydrogens is 424 g/mol. The van der Waals surface area contributed by atoms with E-state index in [-0.39, 0.29) is 16.8 Å². The fraction of sp³-hybridized carbons (Fsp3) is 0.312. The normalized spacial score (nSPS) is 11.2. The molecule has 0 aromatic heterocycles. The van der Waals surface area contributed by atoms with Gasteiger partial charge in [0.1, 0.15) is 0 Å². The summed E-state index contributed by atoms with van der Waals surface area (Å²) in [6.45, 7) is 0. The van der Waals surface area contributed by atoms with Crippen LogP contribution in [0.15, 0.2) is 29.3 Å². The van der Waals surface area contributed by atoms with Crippen LogP contribution in [0.3, 0.4) is 0 Å². The number of hydrogen-bond donors (Lipinski definition) is 5. The van der Waals surface area contributed by atoms with Gasteiger partial charge in [0.15, 0.2) is 10.3 Å². The van der Waals surface area contributed by atoms with E-state index in [9.17, 15) is 4.79 Å². The van der Waals surface area contributed by atoms with Gasteiger partial charge in [-0.1, -0.05) is 29.8 Å². The number of amides is 1. The van der Waals surface area contributed by atoms with Crippen LogP contribution in [0.4, 0.5) is 0 Å². The minimum absolute atomic E-state index is 0.0432. The molecule has 0 unspecified atom stereocenters. The number of carbonyl (C=O) groups is 1. The molecule has 1 rings (SSSR count). The van der Waals surface area contributed by atoms with E-state index in [0.717, 1.165) is 29.3 Å².